The summed E-state index contributed by atoms with van der Waals surface area (Å²) in [7, 11) is -0.00276. The minimum absolute atomic E-state index is 0.229. The molecule has 1 saturated heterocycles. The molecule has 1 heterocycles. The van der Waals surface area contributed by atoms with Crippen molar-refractivity contribution in [1.82, 2.24) is 0 Å². The minimum atomic E-state index is -3.12. The fourth-order valence-corrected chi connectivity index (χ4v) is 4.66. The van der Waals surface area contributed by atoms with Gasteiger partial charge in [0.15, 0.2) is 9.84 Å². The van der Waals surface area contributed by atoms with Crippen molar-refractivity contribution in [1.29, 1.82) is 0 Å². The monoisotopic (exact) mass is 299 g/mol. The molecule has 1 aliphatic heterocycles. The molecule has 1 aromatic rings. The maximum absolute atomic E-state index is 12.2. The summed E-state index contributed by atoms with van der Waals surface area (Å²) in [6.07, 6.45) is 2.24. The Morgan fingerprint density at radius 3 is 2.25 bits per heavy atom. The summed E-state index contributed by atoms with van der Waals surface area (Å²) in [6.45, 7) is 0. The van der Waals surface area contributed by atoms with Gasteiger partial charge in [0, 0.05) is 12.1 Å². The van der Waals surface area contributed by atoms with Crippen LogP contribution in [-0.2, 0) is 9.84 Å². The second-order valence-corrected chi connectivity index (χ2v) is 7.41. The van der Waals surface area contributed by atoms with Crippen LogP contribution in [-0.4, -0.2) is 33.6 Å². The Morgan fingerprint density at radius 2 is 1.75 bits per heavy atom. The summed E-state index contributed by atoms with van der Waals surface area (Å²) in [6, 6.07) is 4.74. The molecular formula is C14H21NO4S. The van der Waals surface area contributed by atoms with Gasteiger partial charge >= 0.3 is 0 Å². The fraction of sp³-hybridized carbons (Fsp3) is 0.571. The molecule has 1 aliphatic rings. The predicted octanol–water partition coefficient (Wildman–Crippen LogP) is 1.67. The average Bonchev–Trinajstić information content (AvgIpc) is 2.45. The first-order valence-electron chi connectivity index (χ1n) is 6.68. The molecule has 20 heavy (non-hydrogen) atoms. The van der Waals surface area contributed by atoms with Gasteiger partial charge in [-0.2, -0.15) is 0 Å². The topological polar surface area (TPSA) is 78.6 Å². The second kappa shape index (κ2) is 6.01. The molecule has 0 spiro atoms. The summed E-state index contributed by atoms with van der Waals surface area (Å²) in [5, 5.41) is -0.520. The highest BCUT2D eigenvalue weighted by Crippen LogP contribution is 2.32. The molecule has 0 radical (unpaired) electrons. The van der Waals surface area contributed by atoms with Crippen molar-refractivity contribution in [2.24, 2.45) is 5.73 Å². The lowest BCUT2D eigenvalue weighted by atomic mass is 10.00. The van der Waals surface area contributed by atoms with Crippen LogP contribution in [0.3, 0.4) is 0 Å². The maximum atomic E-state index is 12.2. The van der Waals surface area contributed by atoms with Crippen LogP contribution in [0.2, 0.25) is 0 Å². The van der Waals surface area contributed by atoms with Gasteiger partial charge in [-0.15, -0.1) is 0 Å². The second-order valence-electron chi connectivity index (χ2n) is 5.07. The summed E-state index contributed by atoms with van der Waals surface area (Å²) in [4.78, 5) is 0. The van der Waals surface area contributed by atoms with Crippen LogP contribution in [0, 0.1) is 0 Å². The van der Waals surface area contributed by atoms with Crippen molar-refractivity contribution in [3.63, 3.8) is 0 Å². The van der Waals surface area contributed by atoms with Gasteiger partial charge < -0.3 is 15.2 Å². The SMILES string of the molecule is COc1cc(OC)cc(C(N)C2CCCCS2(=O)=O)c1. The number of benzene rings is 1. The largest absolute Gasteiger partial charge is 0.497 e. The van der Waals surface area contributed by atoms with Gasteiger partial charge in [-0.25, -0.2) is 8.42 Å². The standard InChI is InChI=1S/C14H21NO4S/c1-18-11-7-10(8-12(9-11)19-2)14(15)13-5-3-4-6-20(13,16)17/h7-9,13-14H,3-6,15H2,1-2H3. The van der Waals surface area contributed by atoms with Crippen molar-refractivity contribution >= 4 is 9.84 Å². The zero-order chi connectivity index (χ0) is 14.8. The first kappa shape index (κ1) is 15.1. The summed E-state index contributed by atoms with van der Waals surface area (Å²) in [5.41, 5.74) is 6.94. The zero-order valence-corrected chi connectivity index (χ0v) is 12.7. The van der Waals surface area contributed by atoms with Crippen LogP contribution in [0.5, 0.6) is 11.5 Å². The molecule has 0 amide bonds. The van der Waals surface area contributed by atoms with Crippen LogP contribution < -0.4 is 15.2 Å². The highest BCUT2D eigenvalue weighted by Gasteiger charge is 2.34. The third kappa shape index (κ3) is 3.07. The van der Waals surface area contributed by atoms with Gasteiger partial charge in [-0.3, -0.25) is 0 Å². The van der Waals surface area contributed by atoms with Gasteiger partial charge in [0.2, 0.25) is 0 Å². The lowest BCUT2D eigenvalue weighted by molar-refractivity contribution is 0.392. The van der Waals surface area contributed by atoms with Gasteiger partial charge in [0.05, 0.1) is 25.2 Å². The highest BCUT2D eigenvalue weighted by atomic mass is 32.2. The van der Waals surface area contributed by atoms with Crippen LogP contribution in [0.25, 0.3) is 0 Å². The summed E-state index contributed by atoms with van der Waals surface area (Å²) < 4.78 is 34.7. The van der Waals surface area contributed by atoms with E-state index in [1.165, 1.54) is 0 Å². The van der Waals surface area contributed by atoms with Gasteiger partial charge in [-0.1, -0.05) is 6.42 Å². The van der Waals surface area contributed by atoms with Gasteiger partial charge in [-0.05, 0) is 30.5 Å². The molecule has 1 aromatic carbocycles. The molecule has 0 aliphatic carbocycles. The van der Waals surface area contributed by atoms with Crippen molar-refractivity contribution in [3.05, 3.63) is 23.8 Å². The van der Waals surface area contributed by atoms with Crippen LogP contribution in [0.1, 0.15) is 30.9 Å². The molecule has 2 N–H and O–H groups in total. The number of hydrogen-bond donors (Lipinski definition) is 1. The molecule has 2 rings (SSSR count). The number of rotatable bonds is 4. The van der Waals surface area contributed by atoms with Crippen molar-refractivity contribution in [2.45, 2.75) is 30.6 Å². The van der Waals surface area contributed by atoms with Crippen molar-refractivity contribution < 1.29 is 17.9 Å². The van der Waals surface area contributed by atoms with E-state index in [4.69, 9.17) is 15.2 Å². The zero-order valence-electron chi connectivity index (χ0n) is 11.8. The van der Waals surface area contributed by atoms with E-state index < -0.39 is 21.1 Å². The van der Waals surface area contributed by atoms with Crippen LogP contribution in [0.4, 0.5) is 0 Å². The van der Waals surface area contributed by atoms with E-state index in [9.17, 15) is 8.42 Å². The lowest BCUT2D eigenvalue weighted by Crippen LogP contribution is -2.37. The molecule has 2 unspecified atom stereocenters. The summed E-state index contributed by atoms with van der Waals surface area (Å²) in [5.74, 6) is 1.46. The average molecular weight is 299 g/mol. The quantitative estimate of drug-likeness (QED) is 0.915. The Kier molecular flexibility index (Phi) is 4.55. The molecule has 2 atom stereocenters. The minimum Gasteiger partial charge on any atom is -0.497 e. The van der Waals surface area contributed by atoms with E-state index in [1.807, 2.05) is 0 Å². The lowest BCUT2D eigenvalue weighted by Gasteiger charge is -2.28. The first-order chi connectivity index (χ1) is 9.47. The number of ether oxygens (including phenoxy) is 2. The molecule has 1 fully saturated rings. The normalized spacial score (nSPS) is 23.1. The Morgan fingerprint density at radius 1 is 1.15 bits per heavy atom. The Bertz CT molecular complexity index is 548. The number of hydrogen-bond acceptors (Lipinski definition) is 5. The van der Waals surface area contributed by atoms with E-state index in [0.717, 1.165) is 18.4 Å². The number of sulfone groups is 1. The third-order valence-corrected chi connectivity index (χ3v) is 6.10. The number of nitrogens with two attached hydrogens (primary N) is 1. The van der Waals surface area contributed by atoms with Crippen LogP contribution in [0.15, 0.2) is 18.2 Å². The smallest absolute Gasteiger partial charge is 0.155 e. The van der Waals surface area contributed by atoms with Crippen molar-refractivity contribution in [3.8, 4) is 11.5 Å². The van der Waals surface area contributed by atoms with Crippen molar-refractivity contribution in [2.75, 3.05) is 20.0 Å². The van der Waals surface area contributed by atoms with E-state index in [-0.39, 0.29) is 5.75 Å². The third-order valence-electron chi connectivity index (χ3n) is 3.79. The molecular weight excluding hydrogens is 278 g/mol. The summed E-state index contributed by atoms with van der Waals surface area (Å²) >= 11 is 0. The Hall–Kier alpha value is -1.27. The predicted molar refractivity (Wildman–Crippen MR) is 77.9 cm³/mol. The van der Waals surface area contributed by atoms with E-state index >= 15 is 0 Å². The van der Waals surface area contributed by atoms with E-state index in [1.54, 1.807) is 32.4 Å². The molecule has 0 saturated carbocycles. The molecule has 5 nitrogen and oxygen atoms in total. The van der Waals surface area contributed by atoms with Gasteiger partial charge in [0.25, 0.3) is 0 Å². The molecule has 6 heteroatoms. The Balaban J connectivity index is 2.34. The number of methoxy groups -OCH3 is 2. The maximum Gasteiger partial charge on any atom is 0.155 e. The van der Waals surface area contributed by atoms with E-state index in [0.29, 0.717) is 17.9 Å². The van der Waals surface area contributed by atoms with Crippen LogP contribution >= 0.6 is 0 Å². The Labute approximate surface area is 120 Å². The fourth-order valence-electron chi connectivity index (χ4n) is 2.62. The van der Waals surface area contributed by atoms with Gasteiger partial charge in [0.1, 0.15) is 11.5 Å². The van der Waals surface area contributed by atoms with E-state index in [2.05, 4.69) is 0 Å². The molecule has 112 valence electrons. The molecule has 0 bridgehead atoms. The highest BCUT2D eigenvalue weighted by molar-refractivity contribution is 7.92. The first-order valence-corrected chi connectivity index (χ1v) is 8.39. The molecule has 0 aromatic heterocycles.